The lowest BCUT2D eigenvalue weighted by Crippen LogP contribution is -2.31. The topological polar surface area (TPSA) is 82.2 Å². The van der Waals surface area contributed by atoms with E-state index in [9.17, 15) is 10.1 Å². The predicted molar refractivity (Wildman–Crippen MR) is 76.0 cm³/mol. The van der Waals surface area contributed by atoms with Gasteiger partial charge in [-0.05, 0) is 33.1 Å². The van der Waals surface area contributed by atoms with Crippen LogP contribution in [-0.4, -0.2) is 33.5 Å². The Labute approximate surface area is 118 Å². The molecular weight excluding hydrogens is 260 g/mol. The van der Waals surface area contributed by atoms with E-state index in [1.807, 2.05) is 13.8 Å². The molecule has 1 N–H and O–H groups in total. The first-order valence-electron chi connectivity index (χ1n) is 7.14. The molecule has 112 valence electrons. The highest BCUT2D eigenvalue weighted by Gasteiger charge is 2.29. The van der Waals surface area contributed by atoms with Gasteiger partial charge in [0.15, 0.2) is 0 Å². The minimum atomic E-state index is -0.362. The number of nitrogens with one attached hydrogen (secondary N) is 1. The number of hydrogen-bond acceptors (Lipinski definition) is 5. The zero-order valence-electron chi connectivity index (χ0n) is 12.3. The molecule has 1 saturated heterocycles. The summed E-state index contributed by atoms with van der Waals surface area (Å²) < 4.78 is 7.33. The number of anilines is 1. The molecule has 1 aromatic rings. The molecule has 2 heterocycles. The van der Waals surface area contributed by atoms with Crippen LogP contribution in [0, 0.1) is 17.0 Å². The van der Waals surface area contributed by atoms with Gasteiger partial charge in [-0.15, -0.1) is 0 Å². The maximum absolute atomic E-state index is 11.2. The van der Waals surface area contributed by atoms with Gasteiger partial charge in [-0.1, -0.05) is 6.92 Å². The Morgan fingerprint density at radius 1 is 1.65 bits per heavy atom. The standard InChI is InChI=1S/C13H22N4O3/c1-4-7-16-13(12(17(18)19)10(3)15-16)14-9(2)11-6-5-8-20-11/h9,11,14H,4-8H2,1-3H3. The molecule has 2 unspecified atom stereocenters. The van der Waals surface area contributed by atoms with Crippen molar-refractivity contribution in [3.8, 4) is 0 Å². The highest BCUT2D eigenvalue weighted by molar-refractivity contribution is 5.60. The maximum atomic E-state index is 11.2. The van der Waals surface area contributed by atoms with Crippen LogP contribution in [-0.2, 0) is 11.3 Å². The van der Waals surface area contributed by atoms with Gasteiger partial charge in [-0.25, -0.2) is 4.68 Å². The van der Waals surface area contributed by atoms with Crippen LogP contribution in [0.3, 0.4) is 0 Å². The van der Waals surface area contributed by atoms with E-state index in [0.29, 0.717) is 18.1 Å². The van der Waals surface area contributed by atoms with Crippen molar-refractivity contribution in [3.05, 3.63) is 15.8 Å². The van der Waals surface area contributed by atoms with E-state index < -0.39 is 0 Å². The van der Waals surface area contributed by atoms with Crippen LogP contribution >= 0.6 is 0 Å². The monoisotopic (exact) mass is 282 g/mol. The van der Waals surface area contributed by atoms with Gasteiger partial charge in [0.2, 0.25) is 5.82 Å². The third kappa shape index (κ3) is 2.92. The Morgan fingerprint density at radius 3 is 2.95 bits per heavy atom. The lowest BCUT2D eigenvalue weighted by atomic mass is 10.1. The molecule has 1 aliphatic rings. The second-order valence-corrected chi connectivity index (χ2v) is 5.25. The van der Waals surface area contributed by atoms with Crippen molar-refractivity contribution >= 4 is 11.5 Å². The molecule has 0 radical (unpaired) electrons. The van der Waals surface area contributed by atoms with Crippen molar-refractivity contribution in [1.82, 2.24) is 9.78 Å². The number of rotatable bonds is 6. The van der Waals surface area contributed by atoms with E-state index in [1.54, 1.807) is 11.6 Å². The molecule has 2 atom stereocenters. The molecule has 7 heteroatoms. The molecule has 0 aromatic carbocycles. The van der Waals surface area contributed by atoms with Gasteiger partial charge in [-0.2, -0.15) is 5.10 Å². The maximum Gasteiger partial charge on any atom is 0.333 e. The average molecular weight is 282 g/mol. The van der Waals surface area contributed by atoms with Crippen molar-refractivity contribution < 1.29 is 9.66 Å². The van der Waals surface area contributed by atoms with Gasteiger partial charge in [0.1, 0.15) is 5.69 Å². The minimum absolute atomic E-state index is 0.0305. The summed E-state index contributed by atoms with van der Waals surface area (Å²) >= 11 is 0. The molecule has 1 aliphatic heterocycles. The van der Waals surface area contributed by atoms with Crippen LogP contribution in [0.2, 0.25) is 0 Å². The summed E-state index contributed by atoms with van der Waals surface area (Å²) in [5, 5.41) is 18.8. The fourth-order valence-electron chi connectivity index (χ4n) is 2.61. The van der Waals surface area contributed by atoms with Crippen LogP contribution in [0.1, 0.15) is 38.8 Å². The lowest BCUT2D eigenvalue weighted by molar-refractivity contribution is -0.384. The van der Waals surface area contributed by atoms with Crippen LogP contribution in [0.25, 0.3) is 0 Å². The highest BCUT2D eigenvalue weighted by Crippen LogP contribution is 2.30. The molecular formula is C13H22N4O3. The van der Waals surface area contributed by atoms with Crippen LogP contribution in [0.5, 0.6) is 0 Å². The van der Waals surface area contributed by atoms with Crippen molar-refractivity contribution in [2.24, 2.45) is 0 Å². The van der Waals surface area contributed by atoms with E-state index in [1.165, 1.54) is 0 Å². The molecule has 7 nitrogen and oxygen atoms in total. The van der Waals surface area contributed by atoms with Gasteiger partial charge in [0.05, 0.1) is 17.1 Å². The Hall–Kier alpha value is -1.63. The SMILES string of the molecule is CCCn1nc(C)c([N+](=O)[O-])c1NC(C)C1CCCO1. The van der Waals surface area contributed by atoms with Gasteiger partial charge in [0.25, 0.3) is 0 Å². The number of nitrogens with zero attached hydrogens (tertiary/aromatic N) is 3. The zero-order valence-corrected chi connectivity index (χ0v) is 12.3. The number of aromatic nitrogens is 2. The van der Waals surface area contributed by atoms with Crippen molar-refractivity contribution in [2.75, 3.05) is 11.9 Å². The Balaban J connectivity index is 2.25. The minimum Gasteiger partial charge on any atom is -0.376 e. The van der Waals surface area contributed by atoms with E-state index in [2.05, 4.69) is 10.4 Å². The molecule has 0 aliphatic carbocycles. The van der Waals surface area contributed by atoms with Crippen LogP contribution in [0.15, 0.2) is 0 Å². The highest BCUT2D eigenvalue weighted by atomic mass is 16.6. The van der Waals surface area contributed by atoms with Crippen molar-refractivity contribution in [2.45, 2.75) is 58.7 Å². The van der Waals surface area contributed by atoms with Crippen molar-refractivity contribution in [1.29, 1.82) is 0 Å². The summed E-state index contributed by atoms with van der Waals surface area (Å²) in [7, 11) is 0. The lowest BCUT2D eigenvalue weighted by Gasteiger charge is -2.21. The Bertz CT molecular complexity index is 480. The van der Waals surface area contributed by atoms with E-state index in [0.717, 1.165) is 25.9 Å². The van der Waals surface area contributed by atoms with E-state index >= 15 is 0 Å². The van der Waals surface area contributed by atoms with Crippen LogP contribution in [0.4, 0.5) is 11.5 Å². The molecule has 1 fully saturated rings. The average Bonchev–Trinajstić information content (AvgIpc) is 2.98. The van der Waals surface area contributed by atoms with Crippen molar-refractivity contribution in [3.63, 3.8) is 0 Å². The first-order chi connectivity index (χ1) is 9.54. The largest absolute Gasteiger partial charge is 0.376 e. The number of hydrogen-bond donors (Lipinski definition) is 1. The first-order valence-corrected chi connectivity index (χ1v) is 7.14. The Kier molecular flexibility index (Phi) is 4.59. The summed E-state index contributed by atoms with van der Waals surface area (Å²) in [5.41, 5.74) is 0.522. The van der Waals surface area contributed by atoms with Crippen LogP contribution < -0.4 is 5.32 Å². The van der Waals surface area contributed by atoms with Gasteiger partial charge < -0.3 is 10.1 Å². The predicted octanol–water partition coefficient (Wildman–Crippen LogP) is 2.49. The van der Waals surface area contributed by atoms with E-state index in [-0.39, 0.29) is 22.8 Å². The number of nitro groups is 1. The summed E-state index contributed by atoms with van der Waals surface area (Å²) in [6.07, 6.45) is 3.02. The third-order valence-electron chi connectivity index (χ3n) is 3.60. The summed E-state index contributed by atoms with van der Waals surface area (Å²) in [5.74, 6) is 0.498. The second-order valence-electron chi connectivity index (χ2n) is 5.25. The molecule has 1 aromatic heterocycles. The quantitative estimate of drug-likeness (QED) is 0.640. The molecule has 0 spiro atoms. The molecule has 0 bridgehead atoms. The molecule has 20 heavy (non-hydrogen) atoms. The molecule has 2 rings (SSSR count). The number of aryl methyl sites for hydroxylation is 2. The molecule has 0 amide bonds. The third-order valence-corrected chi connectivity index (χ3v) is 3.60. The summed E-state index contributed by atoms with van der Waals surface area (Å²) in [6, 6.07) is 0.0305. The number of ether oxygens (including phenoxy) is 1. The second kappa shape index (κ2) is 6.21. The molecule has 0 saturated carbocycles. The van der Waals surface area contributed by atoms with Gasteiger partial charge in [0, 0.05) is 13.2 Å². The summed E-state index contributed by atoms with van der Waals surface area (Å²) in [4.78, 5) is 10.9. The normalized spacial score (nSPS) is 20.1. The fourth-order valence-corrected chi connectivity index (χ4v) is 2.61. The smallest absolute Gasteiger partial charge is 0.333 e. The van der Waals surface area contributed by atoms with Gasteiger partial charge in [-0.3, -0.25) is 10.1 Å². The summed E-state index contributed by atoms with van der Waals surface area (Å²) in [6.45, 7) is 7.13. The first kappa shape index (κ1) is 14.8. The Morgan fingerprint density at radius 2 is 2.40 bits per heavy atom. The van der Waals surface area contributed by atoms with E-state index in [4.69, 9.17) is 4.74 Å². The fraction of sp³-hybridized carbons (Fsp3) is 0.769. The van der Waals surface area contributed by atoms with Gasteiger partial charge >= 0.3 is 5.69 Å². The zero-order chi connectivity index (χ0) is 14.7.